The van der Waals surface area contributed by atoms with Crippen molar-refractivity contribution >= 4 is 0 Å². The van der Waals surface area contributed by atoms with E-state index in [1.165, 1.54) is 13.2 Å². The van der Waals surface area contributed by atoms with Gasteiger partial charge in [-0.1, -0.05) is 0 Å². The monoisotopic (exact) mass is 177 g/mol. The Kier molecular flexibility index (Phi) is 2.67. The van der Waals surface area contributed by atoms with Gasteiger partial charge in [-0.25, -0.2) is 8.78 Å². The molecule has 0 bridgehead atoms. The summed E-state index contributed by atoms with van der Waals surface area (Å²) in [6, 6.07) is 0. The van der Waals surface area contributed by atoms with E-state index in [0.717, 1.165) is 6.42 Å². The number of nitrogens with two attached hydrogens (primary N) is 1. The molecule has 0 fully saturated rings. The van der Waals surface area contributed by atoms with Crippen LogP contribution in [0.15, 0.2) is 11.8 Å². The lowest BCUT2D eigenvalue weighted by atomic mass is 9.90. The molecule has 0 aromatic heterocycles. The summed E-state index contributed by atoms with van der Waals surface area (Å²) < 4.78 is 29.7. The van der Waals surface area contributed by atoms with Gasteiger partial charge >= 0.3 is 0 Å². The van der Waals surface area contributed by atoms with Crippen LogP contribution in [0.3, 0.4) is 0 Å². The third-order valence-corrected chi connectivity index (χ3v) is 2.08. The smallest absolute Gasteiger partial charge is 0.259 e. The molecule has 1 aliphatic rings. The van der Waals surface area contributed by atoms with Gasteiger partial charge in [0.05, 0.1) is 18.4 Å². The van der Waals surface area contributed by atoms with Gasteiger partial charge in [-0.3, -0.25) is 0 Å². The summed E-state index contributed by atoms with van der Waals surface area (Å²) in [5.74, 6) is 0. The number of halogens is 2. The maximum absolute atomic E-state index is 12.4. The first-order valence-corrected chi connectivity index (χ1v) is 3.93. The van der Waals surface area contributed by atoms with Crippen LogP contribution in [-0.4, -0.2) is 18.6 Å². The van der Waals surface area contributed by atoms with Crippen LogP contribution in [0.5, 0.6) is 0 Å². The minimum absolute atomic E-state index is 0.503. The summed E-state index contributed by atoms with van der Waals surface area (Å²) in [6.07, 6.45) is 0.212. The Morgan fingerprint density at radius 1 is 1.67 bits per heavy atom. The fraction of sp³-hybridized carbons (Fsp3) is 0.750. The largest absolute Gasteiger partial charge is 0.501 e. The van der Waals surface area contributed by atoms with Gasteiger partial charge in [0.1, 0.15) is 0 Å². The van der Waals surface area contributed by atoms with Crippen LogP contribution in [0, 0.1) is 0 Å². The Hall–Kier alpha value is -0.640. The number of hydrogen-bond donors (Lipinski definition) is 1. The Morgan fingerprint density at radius 3 is 2.75 bits per heavy atom. The van der Waals surface area contributed by atoms with E-state index >= 15 is 0 Å². The zero-order valence-corrected chi connectivity index (χ0v) is 7.02. The second kappa shape index (κ2) is 3.39. The first kappa shape index (κ1) is 9.45. The van der Waals surface area contributed by atoms with Gasteiger partial charge in [-0.15, -0.1) is 0 Å². The number of alkyl halides is 2. The molecule has 12 heavy (non-hydrogen) atoms. The first-order valence-electron chi connectivity index (χ1n) is 3.93. The van der Waals surface area contributed by atoms with Crippen LogP contribution in [0.1, 0.15) is 19.8 Å². The molecule has 0 saturated carbocycles. The highest BCUT2D eigenvalue weighted by Gasteiger charge is 2.35. The first-order chi connectivity index (χ1) is 5.55. The molecule has 0 aliphatic carbocycles. The van der Waals surface area contributed by atoms with E-state index in [1.807, 2.05) is 0 Å². The summed E-state index contributed by atoms with van der Waals surface area (Å²) in [5, 5.41) is 0. The highest BCUT2D eigenvalue weighted by atomic mass is 19.3. The second-order valence-corrected chi connectivity index (χ2v) is 3.20. The maximum Gasteiger partial charge on any atom is 0.259 e. The molecule has 0 aromatic rings. The van der Waals surface area contributed by atoms with E-state index in [-0.39, 0.29) is 0 Å². The lowest BCUT2D eigenvalue weighted by Gasteiger charge is -2.28. The van der Waals surface area contributed by atoms with Gasteiger partial charge in [0.15, 0.2) is 0 Å². The molecule has 1 unspecified atom stereocenters. The van der Waals surface area contributed by atoms with Crippen LogP contribution in [0.2, 0.25) is 0 Å². The van der Waals surface area contributed by atoms with Crippen molar-refractivity contribution in [3.8, 4) is 0 Å². The molecular formula is C8H13F2NO. The lowest BCUT2D eigenvalue weighted by Crippen LogP contribution is -2.46. The predicted octanol–water partition coefficient (Wildman–Crippen LogP) is 1.66. The molecule has 0 aromatic carbocycles. The number of ether oxygens (including phenoxy) is 1. The van der Waals surface area contributed by atoms with Crippen molar-refractivity contribution < 1.29 is 13.5 Å². The van der Waals surface area contributed by atoms with Crippen LogP contribution in [0.4, 0.5) is 8.78 Å². The quantitative estimate of drug-likeness (QED) is 0.696. The Balaban J connectivity index is 2.72. The topological polar surface area (TPSA) is 35.2 Å². The van der Waals surface area contributed by atoms with E-state index in [0.29, 0.717) is 18.6 Å². The molecule has 1 heterocycles. The highest BCUT2D eigenvalue weighted by molar-refractivity contribution is 5.18. The van der Waals surface area contributed by atoms with E-state index in [2.05, 4.69) is 0 Å². The molecule has 1 atom stereocenters. The van der Waals surface area contributed by atoms with Crippen molar-refractivity contribution in [2.45, 2.75) is 31.7 Å². The molecule has 0 spiro atoms. The fourth-order valence-corrected chi connectivity index (χ4v) is 1.10. The maximum atomic E-state index is 12.4. The molecule has 2 nitrogen and oxygen atoms in total. The minimum atomic E-state index is -2.54. The standard InChI is InChI=1S/C8H13F2NO/c1-8(11,7(9)10)6-3-2-4-12-5-6/h5,7H,2-4,11H2,1H3. The van der Waals surface area contributed by atoms with E-state index in [1.54, 1.807) is 0 Å². The third kappa shape index (κ3) is 1.75. The molecule has 0 radical (unpaired) electrons. The molecule has 0 amide bonds. The highest BCUT2D eigenvalue weighted by Crippen LogP contribution is 2.27. The van der Waals surface area contributed by atoms with Gasteiger partial charge in [0.25, 0.3) is 6.43 Å². The fourth-order valence-electron chi connectivity index (χ4n) is 1.10. The van der Waals surface area contributed by atoms with Crippen molar-refractivity contribution in [3.05, 3.63) is 11.8 Å². The summed E-state index contributed by atoms with van der Waals surface area (Å²) in [5.41, 5.74) is 4.41. The molecular weight excluding hydrogens is 164 g/mol. The van der Waals surface area contributed by atoms with E-state index in [4.69, 9.17) is 10.5 Å². The Morgan fingerprint density at radius 2 is 2.33 bits per heavy atom. The van der Waals surface area contributed by atoms with Crippen molar-refractivity contribution in [3.63, 3.8) is 0 Å². The molecule has 1 aliphatic heterocycles. The van der Waals surface area contributed by atoms with Crippen molar-refractivity contribution in [2.24, 2.45) is 5.73 Å². The SMILES string of the molecule is CC(N)(C1=COCCC1)C(F)F. The summed E-state index contributed by atoms with van der Waals surface area (Å²) in [7, 11) is 0. The van der Waals surface area contributed by atoms with Gasteiger partial charge in [0.2, 0.25) is 0 Å². The predicted molar refractivity (Wildman–Crippen MR) is 41.9 cm³/mol. The summed E-state index contributed by atoms with van der Waals surface area (Å²) in [4.78, 5) is 0. The van der Waals surface area contributed by atoms with Gasteiger partial charge in [0, 0.05) is 0 Å². The minimum Gasteiger partial charge on any atom is -0.501 e. The summed E-state index contributed by atoms with van der Waals surface area (Å²) >= 11 is 0. The van der Waals surface area contributed by atoms with E-state index in [9.17, 15) is 8.78 Å². The third-order valence-electron chi connectivity index (χ3n) is 2.08. The van der Waals surface area contributed by atoms with Crippen molar-refractivity contribution in [2.75, 3.05) is 6.61 Å². The van der Waals surface area contributed by atoms with Crippen LogP contribution < -0.4 is 5.73 Å². The summed E-state index contributed by atoms with van der Waals surface area (Å²) in [6.45, 7) is 1.93. The average Bonchev–Trinajstić information content (AvgIpc) is 2.06. The molecule has 70 valence electrons. The average molecular weight is 177 g/mol. The normalized spacial score (nSPS) is 22.9. The Labute approximate surface area is 70.4 Å². The van der Waals surface area contributed by atoms with Crippen LogP contribution >= 0.6 is 0 Å². The molecule has 2 N–H and O–H groups in total. The molecule has 4 heteroatoms. The van der Waals surface area contributed by atoms with Crippen molar-refractivity contribution in [1.82, 2.24) is 0 Å². The van der Waals surface area contributed by atoms with Crippen LogP contribution in [-0.2, 0) is 4.74 Å². The van der Waals surface area contributed by atoms with E-state index < -0.39 is 12.0 Å². The Bertz CT molecular complexity index is 189. The number of rotatable bonds is 2. The zero-order valence-electron chi connectivity index (χ0n) is 7.02. The van der Waals surface area contributed by atoms with Gasteiger partial charge in [-0.05, 0) is 25.3 Å². The molecule has 1 rings (SSSR count). The van der Waals surface area contributed by atoms with Crippen molar-refractivity contribution in [1.29, 1.82) is 0 Å². The second-order valence-electron chi connectivity index (χ2n) is 3.20. The lowest BCUT2D eigenvalue weighted by molar-refractivity contribution is 0.0743. The van der Waals surface area contributed by atoms with Crippen LogP contribution in [0.25, 0.3) is 0 Å². The number of hydrogen-bond acceptors (Lipinski definition) is 2. The van der Waals surface area contributed by atoms with Gasteiger partial charge in [-0.2, -0.15) is 0 Å². The van der Waals surface area contributed by atoms with Gasteiger partial charge < -0.3 is 10.5 Å². The molecule has 0 saturated heterocycles. The zero-order chi connectivity index (χ0) is 9.19.